The van der Waals surface area contributed by atoms with Gasteiger partial charge in [0.15, 0.2) is 0 Å². The van der Waals surface area contributed by atoms with E-state index in [9.17, 15) is 9.90 Å². The van der Waals surface area contributed by atoms with Crippen molar-refractivity contribution in [2.45, 2.75) is 13.1 Å². The second-order valence-corrected chi connectivity index (χ2v) is 5.31. The molecular weight excluding hydrogens is 268 g/mol. The normalized spacial score (nSPS) is 16.5. The SMILES string of the molecule is O=CN1CCN(Cc2nc3ccccc3n2CCO)CC1. The van der Waals surface area contributed by atoms with Crippen molar-refractivity contribution >= 4 is 17.4 Å². The van der Waals surface area contributed by atoms with Gasteiger partial charge in [-0.1, -0.05) is 12.1 Å². The van der Waals surface area contributed by atoms with Crippen molar-refractivity contribution in [2.75, 3.05) is 32.8 Å². The zero-order valence-corrected chi connectivity index (χ0v) is 12.0. The van der Waals surface area contributed by atoms with Crippen molar-refractivity contribution in [2.24, 2.45) is 0 Å². The smallest absolute Gasteiger partial charge is 0.209 e. The molecule has 2 heterocycles. The van der Waals surface area contributed by atoms with Crippen LogP contribution in [0.25, 0.3) is 11.0 Å². The lowest BCUT2D eigenvalue weighted by Gasteiger charge is -2.32. The molecule has 1 amide bonds. The molecular formula is C15H20N4O2. The standard InChI is InChI=1S/C15H20N4O2/c20-10-9-19-14-4-2-1-3-13(14)16-15(19)11-17-5-7-18(12-21)8-6-17/h1-4,12,20H,5-11H2. The highest BCUT2D eigenvalue weighted by Gasteiger charge is 2.18. The van der Waals surface area contributed by atoms with Crippen LogP contribution in [0.4, 0.5) is 0 Å². The van der Waals surface area contributed by atoms with Gasteiger partial charge in [0.25, 0.3) is 0 Å². The molecule has 0 aliphatic carbocycles. The number of aliphatic hydroxyl groups is 1. The number of amides is 1. The molecule has 1 N–H and O–H groups in total. The van der Waals surface area contributed by atoms with E-state index in [1.165, 1.54) is 0 Å². The predicted octanol–water partition coefficient (Wildman–Crippen LogP) is 0.303. The maximum Gasteiger partial charge on any atom is 0.209 e. The highest BCUT2D eigenvalue weighted by molar-refractivity contribution is 5.75. The van der Waals surface area contributed by atoms with Gasteiger partial charge in [-0.15, -0.1) is 0 Å². The third-order valence-electron chi connectivity index (χ3n) is 3.98. The molecule has 1 aromatic carbocycles. The van der Waals surface area contributed by atoms with Crippen LogP contribution >= 0.6 is 0 Å². The fraction of sp³-hybridized carbons (Fsp3) is 0.467. The van der Waals surface area contributed by atoms with Crippen LogP contribution in [0.1, 0.15) is 5.82 Å². The lowest BCUT2D eigenvalue weighted by Crippen LogP contribution is -2.45. The molecule has 0 radical (unpaired) electrons. The zero-order valence-electron chi connectivity index (χ0n) is 12.0. The van der Waals surface area contributed by atoms with Crippen LogP contribution in [-0.2, 0) is 17.9 Å². The number of hydrogen-bond acceptors (Lipinski definition) is 4. The van der Waals surface area contributed by atoms with E-state index in [0.29, 0.717) is 6.54 Å². The molecule has 2 aromatic rings. The topological polar surface area (TPSA) is 61.6 Å². The number of aliphatic hydroxyl groups excluding tert-OH is 1. The number of rotatable bonds is 5. The van der Waals surface area contributed by atoms with E-state index in [4.69, 9.17) is 4.98 Å². The summed E-state index contributed by atoms with van der Waals surface area (Å²) in [4.78, 5) is 19.5. The highest BCUT2D eigenvalue weighted by atomic mass is 16.3. The van der Waals surface area contributed by atoms with Crippen molar-refractivity contribution in [3.8, 4) is 0 Å². The summed E-state index contributed by atoms with van der Waals surface area (Å²) in [5, 5.41) is 9.29. The maximum atomic E-state index is 10.7. The molecule has 21 heavy (non-hydrogen) atoms. The lowest BCUT2D eigenvalue weighted by atomic mass is 10.3. The van der Waals surface area contributed by atoms with Gasteiger partial charge in [0.2, 0.25) is 6.41 Å². The van der Waals surface area contributed by atoms with Gasteiger partial charge in [-0.3, -0.25) is 9.69 Å². The summed E-state index contributed by atoms with van der Waals surface area (Å²) in [6.07, 6.45) is 0.915. The molecule has 1 fully saturated rings. The Morgan fingerprint density at radius 1 is 1.19 bits per heavy atom. The first-order valence-corrected chi connectivity index (χ1v) is 7.28. The van der Waals surface area contributed by atoms with Gasteiger partial charge in [0.05, 0.1) is 24.2 Å². The van der Waals surface area contributed by atoms with E-state index in [2.05, 4.69) is 9.47 Å². The molecule has 1 aromatic heterocycles. The van der Waals surface area contributed by atoms with E-state index in [1.807, 2.05) is 24.3 Å². The monoisotopic (exact) mass is 288 g/mol. The van der Waals surface area contributed by atoms with Gasteiger partial charge in [0.1, 0.15) is 5.82 Å². The minimum Gasteiger partial charge on any atom is -0.395 e. The van der Waals surface area contributed by atoms with Crippen LogP contribution in [0, 0.1) is 0 Å². The van der Waals surface area contributed by atoms with E-state index in [-0.39, 0.29) is 6.61 Å². The van der Waals surface area contributed by atoms with Crippen molar-refractivity contribution in [3.63, 3.8) is 0 Å². The fourth-order valence-corrected chi connectivity index (χ4v) is 2.82. The average molecular weight is 288 g/mol. The lowest BCUT2D eigenvalue weighted by molar-refractivity contribution is -0.119. The van der Waals surface area contributed by atoms with Gasteiger partial charge < -0.3 is 14.6 Å². The summed E-state index contributed by atoms with van der Waals surface area (Å²) in [7, 11) is 0. The molecule has 1 saturated heterocycles. The first-order chi connectivity index (χ1) is 10.3. The molecule has 1 aliphatic heterocycles. The van der Waals surface area contributed by atoms with Crippen molar-refractivity contribution in [3.05, 3.63) is 30.1 Å². The molecule has 0 unspecified atom stereocenters. The third-order valence-corrected chi connectivity index (χ3v) is 3.98. The van der Waals surface area contributed by atoms with E-state index in [1.54, 1.807) is 4.90 Å². The Morgan fingerprint density at radius 3 is 2.67 bits per heavy atom. The molecule has 0 atom stereocenters. The summed E-state index contributed by atoms with van der Waals surface area (Å²) in [5.74, 6) is 0.977. The van der Waals surface area contributed by atoms with E-state index < -0.39 is 0 Å². The number of benzene rings is 1. The first-order valence-electron chi connectivity index (χ1n) is 7.28. The largest absolute Gasteiger partial charge is 0.395 e. The Hall–Kier alpha value is -1.92. The number of hydrogen-bond donors (Lipinski definition) is 1. The van der Waals surface area contributed by atoms with E-state index >= 15 is 0 Å². The van der Waals surface area contributed by atoms with Gasteiger partial charge in [-0.05, 0) is 12.1 Å². The number of piperazine rings is 1. The Bertz CT molecular complexity index is 617. The first kappa shape index (κ1) is 14.0. The summed E-state index contributed by atoms with van der Waals surface area (Å²) in [6.45, 7) is 4.67. The Kier molecular flexibility index (Phi) is 4.17. The maximum absolute atomic E-state index is 10.7. The number of para-hydroxylation sites is 2. The summed E-state index contributed by atoms with van der Waals surface area (Å²) < 4.78 is 2.08. The van der Waals surface area contributed by atoms with Crippen LogP contribution in [0.5, 0.6) is 0 Å². The quantitative estimate of drug-likeness (QED) is 0.804. The molecule has 0 bridgehead atoms. The minimum absolute atomic E-state index is 0.103. The molecule has 112 valence electrons. The van der Waals surface area contributed by atoms with Crippen LogP contribution in [0.2, 0.25) is 0 Å². The molecule has 6 heteroatoms. The second-order valence-electron chi connectivity index (χ2n) is 5.31. The molecule has 3 rings (SSSR count). The minimum atomic E-state index is 0.103. The highest BCUT2D eigenvalue weighted by Crippen LogP contribution is 2.17. The summed E-state index contributed by atoms with van der Waals surface area (Å²) in [6, 6.07) is 8.00. The Morgan fingerprint density at radius 2 is 1.95 bits per heavy atom. The van der Waals surface area contributed by atoms with Crippen molar-refractivity contribution in [1.82, 2.24) is 19.4 Å². The van der Waals surface area contributed by atoms with Gasteiger partial charge in [0, 0.05) is 32.7 Å². The van der Waals surface area contributed by atoms with Gasteiger partial charge >= 0.3 is 0 Å². The average Bonchev–Trinajstić information content (AvgIpc) is 2.86. The Labute approximate surface area is 123 Å². The number of carbonyl (C=O) groups excluding carboxylic acids is 1. The number of fused-ring (bicyclic) bond motifs is 1. The third kappa shape index (κ3) is 2.91. The van der Waals surface area contributed by atoms with Gasteiger partial charge in [-0.2, -0.15) is 0 Å². The van der Waals surface area contributed by atoms with Crippen molar-refractivity contribution in [1.29, 1.82) is 0 Å². The van der Waals surface area contributed by atoms with Crippen molar-refractivity contribution < 1.29 is 9.90 Å². The summed E-state index contributed by atoms with van der Waals surface area (Å²) >= 11 is 0. The molecule has 0 saturated carbocycles. The van der Waals surface area contributed by atoms with Gasteiger partial charge in [-0.25, -0.2) is 4.98 Å². The van der Waals surface area contributed by atoms with Crippen LogP contribution in [0.15, 0.2) is 24.3 Å². The molecule has 0 spiro atoms. The molecule has 1 aliphatic rings. The second kappa shape index (κ2) is 6.24. The number of imidazole rings is 1. The van der Waals surface area contributed by atoms with E-state index in [0.717, 1.165) is 56.0 Å². The number of aromatic nitrogens is 2. The van der Waals surface area contributed by atoms with Crippen LogP contribution in [0.3, 0.4) is 0 Å². The van der Waals surface area contributed by atoms with Crippen LogP contribution < -0.4 is 0 Å². The predicted molar refractivity (Wildman–Crippen MR) is 79.7 cm³/mol. The Balaban J connectivity index is 1.80. The number of carbonyl (C=O) groups is 1. The fourth-order valence-electron chi connectivity index (χ4n) is 2.82. The number of nitrogens with zero attached hydrogens (tertiary/aromatic N) is 4. The van der Waals surface area contributed by atoms with Crippen LogP contribution in [-0.4, -0.2) is 63.7 Å². The zero-order chi connectivity index (χ0) is 14.7. The summed E-state index contributed by atoms with van der Waals surface area (Å²) in [5.41, 5.74) is 2.03. The molecule has 6 nitrogen and oxygen atoms in total.